The molecule has 1 amide bonds. The van der Waals surface area contributed by atoms with Crippen molar-refractivity contribution in [2.45, 2.75) is 11.9 Å². The summed E-state index contributed by atoms with van der Waals surface area (Å²) in [7, 11) is 0. The first kappa shape index (κ1) is 18.3. The number of anilines is 1. The molecule has 0 aliphatic carbocycles. The van der Waals surface area contributed by atoms with E-state index >= 15 is 0 Å². The minimum atomic E-state index is -0.380. The number of esters is 1. The molecule has 128 valence electrons. The highest BCUT2D eigenvalue weighted by atomic mass is 32.2. The number of carbonyl (C=O) groups excluding carboxylic acids is 2. The van der Waals surface area contributed by atoms with Crippen molar-refractivity contribution in [3.8, 4) is 0 Å². The Morgan fingerprint density at radius 3 is 2.80 bits per heavy atom. The maximum Gasteiger partial charge on any atom is 0.316 e. The fraction of sp³-hybridized carbons (Fsp3) is 0.188. The molecule has 0 saturated carbocycles. The minimum Gasteiger partial charge on any atom is -0.465 e. The van der Waals surface area contributed by atoms with Gasteiger partial charge >= 0.3 is 5.97 Å². The maximum absolute atomic E-state index is 12.3. The van der Waals surface area contributed by atoms with Crippen molar-refractivity contribution in [2.75, 3.05) is 17.7 Å². The predicted octanol–water partition coefficient (Wildman–Crippen LogP) is 3.93. The Bertz CT molecular complexity index is 804. The smallest absolute Gasteiger partial charge is 0.316 e. The van der Waals surface area contributed by atoms with E-state index in [0.29, 0.717) is 28.6 Å². The van der Waals surface area contributed by atoms with Gasteiger partial charge in [-0.1, -0.05) is 35.1 Å². The lowest BCUT2D eigenvalue weighted by Gasteiger charge is -2.08. The lowest BCUT2D eigenvalue weighted by molar-refractivity contribution is -0.139. The van der Waals surface area contributed by atoms with Crippen molar-refractivity contribution >= 4 is 35.0 Å². The number of nitrogens with one attached hydrogen (secondary N) is 1. The minimum absolute atomic E-state index is 0.159. The summed E-state index contributed by atoms with van der Waals surface area (Å²) >= 11 is 1.23. The second-order valence-corrected chi connectivity index (χ2v) is 5.64. The van der Waals surface area contributed by atoms with Gasteiger partial charge in [-0.25, -0.2) is 4.98 Å². The van der Waals surface area contributed by atoms with Crippen LogP contribution in [-0.2, 0) is 9.53 Å². The van der Waals surface area contributed by atoms with Crippen LogP contribution in [0.5, 0.6) is 0 Å². The Labute approximate surface area is 148 Å². The highest BCUT2D eigenvalue weighted by molar-refractivity contribution is 7.99. The molecule has 0 unspecified atom stereocenters. The molecule has 25 heavy (non-hydrogen) atoms. The van der Waals surface area contributed by atoms with Gasteiger partial charge in [0.05, 0.1) is 34.3 Å². The number of para-hydroxylation sites is 1. The van der Waals surface area contributed by atoms with Crippen LogP contribution in [0.15, 0.2) is 52.7 Å². The van der Waals surface area contributed by atoms with Gasteiger partial charge in [-0.15, -0.1) is 0 Å². The molecule has 1 N–H and O–H groups in total. The predicted molar refractivity (Wildman–Crippen MR) is 94.8 cm³/mol. The van der Waals surface area contributed by atoms with E-state index in [1.54, 1.807) is 43.3 Å². The number of carbonyl (C=O) groups is 2. The third-order valence-corrected chi connectivity index (χ3v) is 3.86. The van der Waals surface area contributed by atoms with Crippen LogP contribution in [0, 0.1) is 0 Å². The van der Waals surface area contributed by atoms with Gasteiger partial charge in [0.1, 0.15) is 0 Å². The summed E-state index contributed by atoms with van der Waals surface area (Å²) in [6, 6.07) is 9.92. The Balaban J connectivity index is 2.01. The first-order chi connectivity index (χ1) is 12.1. The highest BCUT2D eigenvalue weighted by Crippen LogP contribution is 2.25. The van der Waals surface area contributed by atoms with Gasteiger partial charge in [0.15, 0.2) is 0 Å². The standard InChI is InChI=1S/C16H15N5O3S/c1-2-24-15(22)10-25-14-8-7-11(9-18-14)16(23)19-12-5-3-4-6-13(12)20-21-17/h3-9H,2,10H2,1H3,(H,19,23). The Morgan fingerprint density at radius 2 is 2.12 bits per heavy atom. The van der Waals surface area contributed by atoms with E-state index in [-0.39, 0.29) is 17.6 Å². The number of rotatable bonds is 7. The average Bonchev–Trinajstić information content (AvgIpc) is 2.62. The Kier molecular flexibility index (Phi) is 6.82. The summed E-state index contributed by atoms with van der Waals surface area (Å²) in [5.74, 6) is -0.535. The summed E-state index contributed by atoms with van der Waals surface area (Å²) in [5.41, 5.74) is 9.63. The van der Waals surface area contributed by atoms with E-state index in [2.05, 4.69) is 20.3 Å². The Morgan fingerprint density at radius 1 is 1.32 bits per heavy atom. The number of thioether (sulfide) groups is 1. The molecule has 9 heteroatoms. The van der Waals surface area contributed by atoms with Crippen LogP contribution in [-0.4, -0.2) is 29.2 Å². The molecule has 0 fully saturated rings. The number of pyridine rings is 1. The molecule has 8 nitrogen and oxygen atoms in total. The molecule has 1 aromatic carbocycles. The first-order valence-electron chi connectivity index (χ1n) is 7.34. The molecule has 2 rings (SSSR count). The van der Waals surface area contributed by atoms with Crippen molar-refractivity contribution in [1.29, 1.82) is 0 Å². The molecule has 0 atom stereocenters. The summed E-state index contributed by atoms with van der Waals surface area (Å²) in [5, 5.41) is 6.81. The van der Waals surface area contributed by atoms with E-state index in [0.717, 1.165) is 0 Å². The zero-order chi connectivity index (χ0) is 18.1. The molecule has 0 aliphatic rings. The van der Waals surface area contributed by atoms with Crippen LogP contribution >= 0.6 is 11.8 Å². The van der Waals surface area contributed by atoms with E-state index in [4.69, 9.17) is 10.3 Å². The molecule has 0 aliphatic heterocycles. The number of azide groups is 1. The largest absolute Gasteiger partial charge is 0.465 e. The third-order valence-electron chi connectivity index (χ3n) is 2.95. The summed E-state index contributed by atoms with van der Waals surface area (Å²) in [6.45, 7) is 2.08. The van der Waals surface area contributed by atoms with E-state index in [1.807, 2.05) is 0 Å². The number of amides is 1. The second kappa shape index (κ2) is 9.31. The van der Waals surface area contributed by atoms with Gasteiger partial charge in [-0.3, -0.25) is 9.59 Å². The van der Waals surface area contributed by atoms with Crippen molar-refractivity contribution in [3.63, 3.8) is 0 Å². The quantitative estimate of drug-likeness (QED) is 0.265. The molecule has 0 spiro atoms. The molecule has 0 radical (unpaired) electrons. The fourth-order valence-corrected chi connectivity index (χ4v) is 2.49. The molecule has 0 saturated heterocycles. The number of hydrogen-bond acceptors (Lipinski definition) is 6. The normalized spacial score (nSPS) is 9.80. The summed E-state index contributed by atoms with van der Waals surface area (Å²) in [4.78, 5) is 30.4. The summed E-state index contributed by atoms with van der Waals surface area (Å²) in [6.07, 6.45) is 1.42. The molecule has 1 aromatic heterocycles. The van der Waals surface area contributed by atoms with E-state index in [1.165, 1.54) is 18.0 Å². The zero-order valence-corrected chi connectivity index (χ0v) is 14.2. The number of benzene rings is 1. The molecular weight excluding hydrogens is 342 g/mol. The lowest BCUT2D eigenvalue weighted by atomic mass is 10.2. The number of ether oxygens (including phenoxy) is 1. The van der Waals surface area contributed by atoms with Gasteiger partial charge in [0.25, 0.3) is 5.91 Å². The van der Waals surface area contributed by atoms with Crippen LogP contribution in [0.2, 0.25) is 0 Å². The van der Waals surface area contributed by atoms with Gasteiger partial charge in [0, 0.05) is 11.1 Å². The Hall–Kier alpha value is -3.03. The van der Waals surface area contributed by atoms with Gasteiger partial charge in [-0.2, -0.15) is 0 Å². The lowest BCUT2D eigenvalue weighted by Crippen LogP contribution is -2.12. The van der Waals surface area contributed by atoms with Gasteiger partial charge < -0.3 is 10.1 Å². The number of hydrogen-bond donors (Lipinski definition) is 1. The van der Waals surface area contributed by atoms with E-state index < -0.39 is 0 Å². The first-order valence-corrected chi connectivity index (χ1v) is 8.32. The fourth-order valence-electron chi connectivity index (χ4n) is 1.84. The topological polar surface area (TPSA) is 117 Å². The van der Waals surface area contributed by atoms with Crippen molar-refractivity contribution in [3.05, 3.63) is 58.6 Å². The second-order valence-electron chi connectivity index (χ2n) is 4.64. The average molecular weight is 357 g/mol. The van der Waals surface area contributed by atoms with Crippen molar-refractivity contribution in [2.24, 2.45) is 5.11 Å². The zero-order valence-electron chi connectivity index (χ0n) is 13.4. The number of aromatic nitrogens is 1. The van der Waals surface area contributed by atoms with Crippen molar-refractivity contribution < 1.29 is 14.3 Å². The monoisotopic (exact) mass is 357 g/mol. The molecule has 2 aromatic rings. The number of nitrogens with zero attached hydrogens (tertiary/aromatic N) is 4. The van der Waals surface area contributed by atoms with Crippen LogP contribution in [0.1, 0.15) is 17.3 Å². The maximum atomic E-state index is 12.3. The van der Waals surface area contributed by atoms with Gasteiger partial charge in [-0.05, 0) is 30.7 Å². The van der Waals surface area contributed by atoms with Gasteiger partial charge in [0.2, 0.25) is 0 Å². The van der Waals surface area contributed by atoms with Crippen LogP contribution in [0.3, 0.4) is 0 Å². The third kappa shape index (κ3) is 5.52. The molecule has 1 heterocycles. The molecule has 0 bridgehead atoms. The summed E-state index contributed by atoms with van der Waals surface area (Å²) < 4.78 is 4.84. The van der Waals surface area contributed by atoms with Crippen LogP contribution in [0.4, 0.5) is 11.4 Å². The highest BCUT2D eigenvalue weighted by Gasteiger charge is 2.10. The SMILES string of the molecule is CCOC(=O)CSc1ccc(C(=O)Nc2ccccc2N=[N+]=[N-])cn1. The van der Waals surface area contributed by atoms with Crippen molar-refractivity contribution in [1.82, 2.24) is 4.98 Å². The van der Waals surface area contributed by atoms with Crippen LogP contribution < -0.4 is 5.32 Å². The van der Waals surface area contributed by atoms with E-state index in [9.17, 15) is 9.59 Å². The molecular formula is C16H15N5O3S. The van der Waals surface area contributed by atoms with Crippen LogP contribution in [0.25, 0.3) is 10.4 Å².